The summed E-state index contributed by atoms with van der Waals surface area (Å²) in [6.07, 6.45) is 14.0. The monoisotopic (exact) mass is 432 g/mol. The number of fused-ring (bicyclic) bond motifs is 4. The topological polar surface area (TPSA) is 92.5 Å². The van der Waals surface area contributed by atoms with Crippen LogP contribution in [0.4, 0.5) is 5.69 Å². The fourth-order valence-corrected chi connectivity index (χ4v) is 7.27. The van der Waals surface area contributed by atoms with Crippen molar-refractivity contribution in [2.24, 2.45) is 23.0 Å². The fraction of sp³-hybridized carbons (Fsp3) is 0.500. The van der Waals surface area contributed by atoms with Crippen LogP contribution in [-0.4, -0.2) is 21.9 Å². The van der Waals surface area contributed by atoms with Gasteiger partial charge in [-0.2, -0.15) is 0 Å². The summed E-state index contributed by atoms with van der Waals surface area (Å²) < 4.78 is 0. The van der Waals surface area contributed by atoms with Crippen LogP contribution in [0, 0.1) is 17.3 Å². The first-order chi connectivity index (χ1) is 15.3. The Morgan fingerprint density at radius 3 is 2.75 bits per heavy atom. The van der Waals surface area contributed by atoms with Gasteiger partial charge >= 0.3 is 0 Å². The first-order valence-corrected chi connectivity index (χ1v) is 12.1. The van der Waals surface area contributed by atoms with E-state index in [0.29, 0.717) is 5.92 Å². The molecule has 1 aromatic rings. The molecule has 1 saturated carbocycles. The third-order valence-corrected chi connectivity index (χ3v) is 8.80. The molecular weight excluding hydrogens is 396 g/mol. The fourth-order valence-electron chi connectivity index (χ4n) is 7.27. The zero-order valence-electron chi connectivity index (χ0n) is 19.3. The van der Waals surface area contributed by atoms with E-state index in [0.717, 1.165) is 67.3 Å². The van der Waals surface area contributed by atoms with Crippen LogP contribution in [0.5, 0.6) is 0 Å². The molecule has 4 nitrogen and oxygen atoms in total. The van der Waals surface area contributed by atoms with Crippen molar-refractivity contribution in [1.82, 2.24) is 0 Å². The highest BCUT2D eigenvalue weighted by atomic mass is 16.3. The minimum absolute atomic E-state index is 0.131. The lowest BCUT2D eigenvalue weighted by Gasteiger charge is -2.50. The summed E-state index contributed by atoms with van der Waals surface area (Å²) >= 11 is 0. The van der Waals surface area contributed by atoms with E-state index >= 15 is 0 Å². The van der Waals surface area contributed by atoms with Gasteiger partial charge in [-0.3, -0.25) is 0 Å². The molecule has 0 amide bonds. The van der Waals surface area contributed by atoms with E-state index in [1.54, 1.807) is 0 Å². The van der Waals surface area contributed by atoms with Gasteiger partial charge in [0.05, 0.1) is 11.7 Å². The van der Waals surface area contributed by atoms with Crippen molar-refractivity contribution < 1.29 is 10.2 Å². The van der Waals surface area contributed by atoms with E-state index in [9.17, 15) is 10.2 Å². The van der Waals surface area contributed by atoms with Gasteiger partial charge in [0, 0.05) is 17.0 Å². The van der Waals surface area contributed by atoms with Crippen LogP contribution in [0.2, 0.25) is 0 Å². The van der Waals surface area contributed by atoms with Crippen molar-refractivity contribution in [2.45, 2.75) is 70.5 Å². The summed E-state index contributed by atoms with van der Waals surface area (Å²) in [5, 5.41) is 22.5. The molecule has 4 aliphatic carbocycles. The Hall–Kier alpha value is -2.30. The van der Waals surface area contributed by atoms with Crippen LogP contribution in [0.15, 0.2) is 53.3 Å². The molecule has 170 valence electrons. The second kappa shape index (κ2) is 7.64. The predicted molar refractivity (Wildman–Crippen MR) is 131 cm³/mol. The van der Waals surface area contributed by atoms with Gasteiger partial charge in [-0.25, -0.2) is 0 Å². The Kier molecular flexibility index (Phi) is 5.14. The first-order valence-electron chi connectivity index (χ1n) is 12.1. The van der Waals surface area contributed by atoms with Crippen LogP contribution < -0.4 is 11.5 Å². The molecule has 0 saturated heterocycles. The van der Waals surface area contributed by atoms with Gasteiger partial charge in [-0.15, -0.1) is 0 Å². The van der Waals surface area contributed by atoms with Crippen LogP contribution in [0.3, 0.4) is 0 Å². The maximum atomic E-state index is 12.3. The number of aliphatic hydroxyl groups is 2. The third kappa shape index (κ3) is 3.19. The molecule has 4 unspecified atom stereocenters. The lowest BCUT2D eigenvalue weighted by atomic mass is 9.56. The second-order valence-electron chi connectivity index (χ2n) is 10.7. The van der Waals surface area contributed by atoms with Crippen molar-refractivity contribution >= 4 is 17.3 Å². The quantitative estimate of drug-likeness (QED) is 0.498. The van der Waals surface area contributed by atoms with Gasteiger partial charge < -0.3 is 21.7 Å². The summed E-state index contributed by atoms with van der Waals surface area (Å²) in [7, 11) is 0. The van der Waals surface area contributed by atoms with Crippen LogP contribution in [0.25, 0.3) is 11.6 Å². The van der Waals surface area contributed by atoms with Gasteiger partial charge in [-0.1, -0.05) is 42.4 Å². The SMILES string of the molecule is CC1=C2C=C3CC(O)CCC3CC[C@]2(O)C2CC=C(c3ccc(/C=C\N)c(N)c3)C2(C)C1. The number of rotatable bonds is 2. The maximum Gasteiger partial charge on any atom is 0.0935 e. The van der Waals surface area contributed by atoms with Gasteiger partial charge in [0.1, 0.15) is 0 Å². The van der Waals surface area contributed by atoms with Gasteiger partial charge in [0.25, 0.3) is 0 Å². The third-order valence-electron chi connectivity index (χ3n) is 8.80. The number of allylic oxidation sites excluding steroid dienone is 3. The Morgan fingerprint density at radius 2 is 2.00 bits per heavy atom. The number of nitrogens with two attached hydrogens (primary N) is 2. The van der Waals surface area contributed by atoms with E-state index in [-0.39, 0.29) is 17.4 Å². The number of anilines is 1. The Morgan fingerprint density at radius 1 is 1.19 bits per heavy atom. The standard InChI is InChI=1S/C28H36N2O2/c1-17-16-27(2)23(20-4-3-19(10-12-29)25(30)15-20)7-8-26(27)28(32)11-9-18-5-6-22(31)13-21(18)14-24(17)28/h3-4,7,10,12,14-15,18,22,26,31-32H,5-6,8-9,11,13,16,29-30H2,1-2H3/b12-10-/t18?,22?,26?,27?,28-/m1/s1. The largest absolute Gasteiger partial charge is 0.405 e. The molecule has 0 aromatic heterocycles. The maximum absolute atomic E-state index is 12.3. The molecule has 32 heavy (non-hydrogen) atoms. The predicted octanol–water partition coefficient (Wildman–Crippen LogP) is 4.94. The van der Waals surface area contributed by atoms with Crippen molar-refractivity contribution in [1.29, 1.82) is 0 Å². The zero-order valence-corrected chi connectivity index (χ0v) is 19.3. The minimum atomic E-state index is -0.821. The lowest BCUT2D eigenvalue weighted by Crippen LogP contribution is -2.49. The van der Waals surface area contributed by atoms with E-state index < -0.39 is 5.60 Å². The zero-order chi connectivity index (χ0) is 22.7. The van der Waals surface area contributed by atoms with Crippen molar-refractivity contribution in [3.05, 3.63) is 64.4 Å². The number of nitrogen functional groups attached to an aromatic ring is 1. The summed E-state index contributed by atoms with van der Waals surface area (Å²) in [5.74, 6) is 0.645. The molecule has 6 N–H and O–H groups in total. The molecule has 1 aromatic carbocycles. The number of hydrogen-bond donors (Lipinski definition) is 4. The minimum Gasteiger partial charge on any atom is -0.405 e. The summed E-state index contributed by atoms with van der Waals surface area (Å²) in [6.45, 7) is 4.52. The summed E-state index contributed by atoms with van der Waals surface area (Å²) in [4.78, 5) is 0. The molecule has 0 aliphatic heterocycles. The molecule has 4 aliphatic rings. The Balaban J connectivity index is 1.54. The number of hydrogen-bond acceptors (Lipinski definition) is 4. The van der Waals surface area contributed by atoms with Crippen LogP contribution in [-0.2, 0) is 0 Å². The average Bonchev–Trinajstić information content (AvgIpc) is 3.01. The molecule has 0 bridgehead atoms. The lowest BCUT2D eigenvalue weighted by molar-refractivity contribution is -0.0354. The van der Waals surface area contributed by atoms with Gasteiger partial charge in [0.15, 0.2) is 0 Å². The van der Waals surface area contributed by atoms with Crippen LogP contribution in [0.1, 0.15) is 69.9 Å². The molecule has 0 heterocycles. The molecule has 0 radical (unpaired) electrons. The van der Waals surface area contributed by atoms with Gasteiger partial charge in [-0.05, 0) is 98.4 Å². The highest BCUT2D eigenvalue weighted by molar-refractivity contribution is 5.78. The molecule has 5 atom stereocenters. The van der Waals surface area contributed by atoms with E-state index in [4.69, 9.17) is 11.5 Å². The number of aliphatic hydroxyl groups excluding tert-OH is 1. The van der Waals surface area contributed by atoms with Crippen molar-refractivity contribution in [3.63, 3.8) is 0 Å². The molecule has 4 heteroatoms. The summed E-state index contributed by atoms with van der Waals surface area (Å²) in [6, 6.07) is 6.22. The highest BCUT2D eigenvalue weighted by Crippen LogP contribution is 2.63. The highest BCUT2D eigenvalue weighted by Gasteiger charge is 2.57. The Labute approximate surface area is 191 Å². The molecule has 1 fully saturated rings. The normalized spacial score (nSPS) is 36.8. The summed E-state index contributed by atoms with van der Waals surface area (Å²) in [5.41, 5.74) is 18.8. The van der Waals surface area contributed by atoms with Crippen molar-refractivity contribution in [3.8, 4) is 0 Å². The van der Waals surface area contributed by atoms with E-state index in [1.165, 1.54) is 22.9 Å². The second-order valence-corrected chi connectivity index (χ2v) is 10.7. The van der Waals surface area contributed by atoms with Crippen LogP contribution >= 0.6 is 0 Å². The average molecular weight is 433 g/mol. The van der Waals surface area contributed by atoms with Gasteiger partial charge in [0.2, 0.25) is 0 Å². The molecule has 5 rings (SSSR count). The van der Waals surface area contributed by atoms with E-state index in [1.807, 2.05) is 12.1 Å². The number of benzene rings is 1. The van der Waals surface area contributed by atoms with Crippen molar-refractivity contribution in [2.75, 3.05) is 5.73 Å². The molecular formula is C28H36N2O2. The molecule has 0 spiro atoms. The Bertz CT molecular complexity index is 1070. The van der Waals surface area contributed by atoms with E-state index in [2.05, 4.69) is 38.1 Å². The smallest absolute Gasteiger partial charge is 0.0935 e. The first kappa shape index (κ1) is 21.5.